The standard InChI is InChI=1S/C16H15BrO3S/c1-2-11-3-5-12(6-4-11)10-21(20)15-9-13(17)7-8-14(15)16(18)19/h3-9H,2,10H2,1H3,(H,18,19). The van der Waals surface area contributed by atoms with E-state index in [1.54, 1.807) is 12.1 Å². The molecule has 1 unspecified atom stereocenters. The molecule has 21 heavy (non-hydrogen) atoms. The number of hydrogen-bond donors (Lipinski definition) is 1. The van der Waals surface area contributed by atoms with E-state index < -0.39 is 16.8 Å². The molecule has 2 rings (SSSR count). The molecule has 2 aromatic rings. The van der Waals surface area contributed by atoms with Crippen LogP contribution in [-0.4, -0.2) is 15.3 Å². The summed E-state index contributed by atoms with van der Waals surface area (Å²) in [5.41, 5.74) is 2.24. The number of carboxylic acid groups (broad SMARTS) is 1. The summed E-state index contributed by atoms with van der Waals surface area (Å²) in [6.45, 7) is 2.08. The number of aryl methyl sites for hydroxylation is 1. The molecule has 2 aromatic carbocycles. The minimum Gasteiger partial charge on any atom is -0.478 e. The molecule has 0 bridgehead atoms. The Morgan fingerprint density at radius 3 is 2.33 bits per heavy atom. The number of benzene rings is 2. The summed E-state index contributed by atoms with van der Waals surface area (Å²) in [4.78, 5) is 11.6. The highest BCUT2D eigenvalue weighted by atomic mass is 79.9. The van der Waals surface area contributed by atoms with Crippen LogP contribution in [0.15, 0.2) is 51.8 Å². The van der Waals surface area contributed by atoms with E-state index in [0.29, 0.717) is 10.6 Å². The highest BCUT2D eigenvalue weighted by Gasteiger charge is 2.16. The Morgan fingerprint density at radius 2 is 1.76 bits per heavy atom. The lowest BCUT2D eigenvalue weighted by Gasteiger charge is -2.08. The average Bonchev–Trinajstić information content (AvgIpc) is 2.47. The second-order valence-electron chi connectivity index (χ2n) is 4.61. The molecule has 5 heteroatoms. The fourth-order valence-electron chi connectivity index (χ4n) is 1.96. The smallest absolute Gasteiger partial charge is 0.336 e. The van der Waals surface area contributed by atoms with Crippen LogP contribution in [0.1, 0.15) is 28.4 Å². The van der Waals surface area contributed by atoms with Gasteiger partial charge in [0.1, 0.15) is 0 Å². The lowest BCUT2D eigenvalue weighted by molar-refractivity contribution is 0.0693. The van der Waals surface area contributed by atoms with Crippen molar-refractivity contribution in [3.63, 3.8) is 0 Å². The normalized spacial score (nSPS) is 12.1. The van der Waals surface area contributed by atoms with Crippen molar-refractivity contribution in [1.82, 2.24) is 0 Å². The van der Waals surface area contributed by atoms with Crippen LogP contribution < -0.4 is 0 Å². The first kappa shape index (κ1) is 15.9. The SMILES string of the molecule is CCc1ccc(CS(=O)c2cc(Br)ccc2C(=O)O)cc1. The van der Waals surface area contributed by atoms with E-state index in [-0.39, 0.29) is 5.56 Å². The Morgan fingerprint density at radius 1 is 1.14 bits per heavy atom. The molecule has 110 valence electrons. The Balaban J connectivity index is 2.27. The molecule has 0 heterocycles. The van der Waals surface area contributed by atoms with Crippen molar-refractivity contribution in [2.45, 2.75) is 24.0 Å². The van der Waals surface area contributed by atoms with Gasteiger partial charge in [0.2, 0.25) is 0 Å². The second kappa shape index (κ2) is 7.00. The first-order valence-electron chi connectivity index (χ1n) is 6.50. The van der Waals surface area contributed by atoms with E-state index in [0.717, 1.165) is 16.5 Å². The first-order chi connectivity index (χ1) is 10.0. The highest BCUT2D eigenvalue weighted by Crippen LogP contribution is 2.22. The minimum absolute atomic E-state index is 0.0849. The summed E-state index contributed by atoms with van der Waals surface area (Å²) in [5.74, 6) is -0.757. The maximum absolute atomic E-state index is 12.5. The summed E-state index contributed by atoms with van der Waals surface area (Å²) in [5, 5.41) is 9.19. The Hall–Kier alpha value is -1.46. The highest BCUT2D eigenvalue weighted by molar-refractivity contribution is 9.10. The van der Waals surface area contributed by atoms with Gasteiger partial charge in [0.15, 0.2) is 0 Å². The molecule has 0 saturated carbocycles. The van der Waals surface area contributed by atoms with E-state index in [9.17, 15) is 14.1 Å². The predicted molar refractivity (Wildman–Crippen MR) is 87.0 cm³/mol. The van der Waals surface area contributed by atoms with E-state index in [1.165, 1.54) is 11.6 Å². The number of hydrogen-bond acceptors (Lipinski definition) is 2. The number of carbonyl (C=O) groups is 1. The van der Waals surface area contributed by atoms with Crippen molar-refractivity contribution < 1.29 is 14.1 Å². The summed E-state index contributed by atoms with van der Waals surface area (Å²) in [7, 11) is -1.40. The molecule has 0 aliphatic rings. The van der Waals surface area contributed by atoms with Gasteiger partial charge in [-0.05, 0) is 35.7 Å². The maximum Gasteiger partial charge on any atom is 0.336 e. The zero-order valence-electron chi connectivity index (χ0n) is 11.5. The molecule has 1 atom stereocenters. The second-order valence-corrected chi connectivity index (χ2v) is 6.94. The summed E-state index contributed by atoms with van der Waals surface area (Å²) in [6.07, 6.45) is 0.957. The van der Waals surface area contributed by atoms with E-state index in [2.05, 4.69) is 22.9 Å². The molecule has 0 saturated heterocycles. The van der Waals surface area contributed by atoms with E-state index >= 15 is 0 Å². The molecule has 0 spiro atoms. The van der Waals surface area contributed by atoms with Crippen LogP contribution in [0, 0.1) is 0 Å². The molecule has 0 aromatic heterocycles. The zero-order valence-corrected chi connectivity index (χ0v) is 13.9. The van der Waals surface area contributed by atoms with Crippen molar-refractivity contribution in [3.05, 3.63) is 63.6 Å². The molecule has 0 aliphatic carbocycles. The molecule has 0 radical (unpaired) electrons. The fourth-order valence-corrected chi connectivity index (χ4v) is 3.78. The third kappa shape index (κ3) is 4.02. The van der Waals surface area contributed by atoms with Crippen LogP contribution in [0.5, 0.6) is 0 Å². The monoisotopic (exact) mass is 366 g/mol. The van der Waals surface area contributed by atoms with Gasteiger partial charge in [0.25, 0.3) is 0 Å². The van der Waals surface area contributed by atoms with Crippen molar-refractivity contribution in [3.8, 4) is 0 Å². The zero-order chi connectivity index (χ0) is 15.4. The quantitative estimate of drug-likeness (QED) is 0.869. The van der Waals surface area contributed by atoms with Gasteiger partial charge >= 0.3 is 5.97 Å². The third-order valence-electron chi connectivity index (χ3n) is 3.15. The lowest BCUT2D eigenvalue weighted by Crippen LogP contribution is -2.06. The van der Waals surface area contributed by atoms with Crippen LogP contribution in [0.3, 0.4) is 0 Å². The van der Waals surface area contributed by atoms with Gasteiger partial charge in [0.05, 0.1) is 27.0 Å². The number of halogens is 1. The van der Waals surface area contributed by atoms with Gasteiger partial charge in [-0.2, -0.15) is 0 Å². The van der Waals surface area contributed by atoms with Gasteiger partial charge in [0, 0.05) is 4.47 Å². The lowest BCUT2D eigenvalue weighted by atomic mass is 10.1. The molecule has 0 aliphatic heterocycles. The molecule has 3 nitrogen and oxygen atoms in total. The van der Waals surface area contributed by atoms with Gasteiger partial charge in [-0.15, -0.1) is 0 Å². The van der Waals surface area contributed by atoms with Gasteiger partial charge in [-0.25, -0.2) is 4.79 Å². The van der Waals surface area contributed by atoms with Gasteiger partial charge < -0.3 is 5.11 Å². The Bertz CT molecular complexity index is 680. The summed E-state index contributed by atoms with van der Waals surface area (Å²) < 4.78 is 13.2. The van der Waals surface area contributed by atoms with Crippen molar-refractivity contribution in [2.75, 3.05) is 0 Å². The predicted octanol–water partition coefficient (Wildman–Crippen LogP) is 4.02. The van der Waals surface area contributed by atoms with Crippen molar-refractivity contribution in [1.29, 1.82) is 0 Å². The number of aromatic carboxylic acids is 1. The fraction of sp³-hybridized carbons (Fsp3) is 0.188. The Kier molecular flexibility index (Phi) is 5.31. The van der Waals surface area contributed by atoms with Gasteiger partial charge in [-0.1, -0.05) is 47.1 Å². The molecule has 0 fully saturated rings. The minimum atomic E-state index is -1.40. The topological polar surface area (TPSA) is 54.4 Å². The number of carboxylic acids is 1. The summed E-state index contributed by atoms with van der Waals surface area (Å²) in [6, 6.07) is 12.6. The van der Waals surface area contributed by atoms with Crippen LogP contribution >= 0.6 is 15.9 Å². The van der Waals surface area contributed by atoms with Crippen LogP contribution in [-0.2, 0) is 23.0 Å². The molecule has 0 amide bonds. The van der Waals surface area contributed by atoms with Crippen LogP contribution in [0.2, 0.25) is 0 Å². The van der Waals surface area contributed by atoms with E-state index in [1.807, 2.05) is 24.3 Å². The van der Waals surface area contributed by atoms with Crippen LogP contribution in [0.25, 0.3) is 0 Å². The third-order valence-corrected chi connectivity index (χ3v) is 5.07. The molecular formula is C16H15BrO3S. The molecular weight excluding hydrogens is 352 g/mol. The van der Waals surface area contributed by atoms with Gasteiger partial charge in [-0.3, -0.25) is 4.21 Å². The maximum atomic E-state index is 12.5. The van der Waals surface area contributed by atoms with Crippen molar-refractivity contribution in [2.24, 2.45) is 0 Å². The van der Waals surface area contributed by atoms with E-state index in [4.69, 9.17) is 0 Å². The largest absolute Gasteiger partial charge is 0.478 e. The average molecular weight is 367 g/mol. The molecule has 1 N–H and O–H groups in total. The van der Waals surface area contributed by atoms with Crippen molar-refractivity contribution >= 4 is 32.7 Å². The summed E-state index contributed by atoms with van der Waals surface area (Å²) >= 11 is 3.29. The first-order valence-corrected chi connectivity index (χ1v) is 8.61. The van der Waals surface area contributed by atoms with Crippen LogP contribution in [0.4, 0.5) is 0 Å². The number of rotatable bonds is 5. The Labute approximate surface area is 134 Å².